The van der Waals surface area contributed by atoms with Gasteiger partial charge in [-0.2, -0.15) is 0 Å². The highest BCUT2D eigenvalue weighted by atomic mass is 16.2. The van der Waals surface area contributed by atoms with Crippen molar-refractivity contribution < 1.29 is 9.59 Å². The quantitative estimate of drug-likeness (QED) is 0.487. The molecule has 1 saturated heterocycles. The zero-order valence-corrected chi connectivity index (χ0v) is 19.1. The Morgan fingerprint density at radius 3 is 2.29 bits per heavy atom. The van der Waals surface area contributed by atoms with Crippen LogP contribution in [0, 0.1) is 6.92 Å². The summed E-state index contributed by atoms with van der Waals surface area (Å²) in [4.78, 5) is 34.2. The van der Waals surface area contributed by atoms with Gasteiger partial charge in [0.05, 0.1) is 11.9 Å². The molecule has 1 aliphatic heterocycles. The third kappa shape index (κ3) is 4.48. The van der Waals surface area contributed by atoms with Crippen molar-refractivity contribution in [3.05, 3.63) is 102 Å². The summed E-state index contributed by atoms with van der Waals surface area (Å²) < 4.78 is 0. The lowest BCUT2D eigenvalue weighted by Crippen LogP contribution is -2.49. The Hall–Kier alpha value is -4.19. The Morgan fingerprint density at radius 1 is 0.824 bits per heavy atom. The van der Waals surface area contributed by atoms with Crippen LogP contribution in [0.1, 0.15) is 26.3 Å². The molecule has 3 aromatic carbocycles. The molecule has 5 rings (SSSR count). The Kier molecular flexibility index (Phi) is 5.95. The van der Waals surface area contributed by atoms with Crippen LogP contribution >= 0.6 is 0 Å². The molecule has 0 unspecified atom stereocenters. The molecule has 6 nitrogen and oxygen atoms in total. The molecule has 0 saturated carbocycles. The highest BCUT2D eigenvalue weighted by Gasteiger charge is 2.24. The number of piperazine rings is 1. The van der Waals surface area contributed by atoms with Gasteiger partial charge in [0, 0.05) is 37.3 Å². The van der Waals surface area contributed by atoms with Gasteiger partial charge in [-0.05, 0) is 48.0 Å². The van der Waals surface area contributed by atoms with E-state index >= 15 is 0 Å². The minimum atomic E-state index is -0.157. The van der Waals surface area contributed by atoms with E-state index in [9.17, 15) is 9.59 Å². The van der Waals surface area contributed by atoms with Gasteiger partial charge in [0.25, 0.3) is 11.8 Å². The molecule has 2 heterocycles. The maximum absolute atomic E-state index is 13.2. The van der Waals surface area contributed by atoms with Crippen molar-refractivity contribution in [3.8, 4) is 0 Å². The molecule has 6 heteroatoms. The molecule has 1 N–H and O–H groups in total. The summed E-state index contributed by atoms with van der Waals surface area (Å²) in [5.74, 6) is 0.749. The van der Waals surface area contributed by atoms with Crippen LogP contribution in [0.4, 0.5) is 11.5 Å². The molecule has 0 bridgehead atoms. The number of hydrogen-bond acceptors (Lipinski definition) is 4. The molecule has 0 atom stereocenters. The van der Waals surface area contributed by atoms with Crippen molar-refractivity contribution in [2.24, 2.45) is 0 Å². The second-order valence-corrected chi connectivity index (χ2v) is 8.53. The van der Waals surface area contributed by atoms with E-state index in [0.29, 0.717) is 37.4 Å². The number of rotatable bonds is 4. The summed E-state index contributed by atoms with van der Waals surface area (Å²) in [5.41, 5.74) is 3.13. The fourth-order valence-electron chi connectivity index (χ4n) is 4.28. The average molecular weight is 451 g/mol. The number of nitrogens with zero attached hydrogens (tertiary/aromatic N) is 3. The van der Waals surface area contributed by atoms with Crippen LogP contribution in [0.15, 0.2) is 85.1 Å². The van der Waals surface area contributed by atoms with Crippen molar-refractivity contribution in [1.29, 1.82) is 0 Å². The lowest BCUT2D eigenvalue weighted by atomic mass is 10.0. The fraction of sp³-hybridized carbons (Fsp3) is 0.179. The first-order valence-corrected chi connectivity index (χ1v) is 11.4. The monoisotopic (exact) mass is 450 g/mol. The lowest BCUT2D eigenvalue weighted by Gasteiger charge is -2.35. The number of pyridine rings is 1. The molecule has 34 heavy (non-hydrogen) atoms. The predicted octanol–water partition coefficient (Wildman–Crippen LogP) is 4.76. The number of nitrogens with one attached hydrogen (secondary N) is 1. The predicted molar refractivity (Wildman–Crippen MR) is 135 cm³/mol. The smallest absolute Gasteiger partial charge is 0.255 e. The van der Waals surface area contributed by atoms with Gasteiger partial charge >= 0.3 is 0 Å². The van der Waals surface area contributed by atoms with Crippen LogP contribution in [0.2, 0.25) is 0 Å². The van der Waals surface area contributed by atoms with Crippen LogP contribution in [0.3, 0.4) is 0 Å². The van der Waals surface area contributed by atoms with E-state index in [1.807, 2.05) is 90.7 Å². The van der Waals surface area contributed by atoms with Crippen LogP contribution in [0.5, 0.6) is 0 Å². The first kappa shape index (κ1) is 21.6. The summed E-state index contributed by atoms with van der Waals surface area (Å²) in [5, 5.41) is 4.95. The zero-order chi connectivity index (χ0) is 23.5. The standard InChI is InChI=1S/C28H26N4O2/c1-20-9-11-22(12-10-20)27(33)30-23-13-14-26(29-19-23)31-15-17-32(18-16-31)28(34)25-8-4-6-21-5-2-3-7-24(21)25/h2-14,19H,15-18H2,1H3,(H,30,33). The molecule has 1 aliphatic rings. The third-order valence-corrected chi connectivity index (χ3v) is 6.23. The van der Waals surface area contributed by atoms with Gasteiger partial charge in [-0.25, -0.2) is 4.98 Å². The van der Waals surface area contributed by atoms with Gasteiger partial charge in [-0.1, -0.05) is 54.1 Å². The normalized spacial score (nSPS) is 13.7. The van der Waals surface area contributed by atoms with E-state index in [4.69, 9.17) is 0 Å². The second-order valence-electron chi connectivity index (χ2n) is 8.53. The topological polar surface area (TPSA) is 65.5 Å². The number of amides is 2. The number of carbonyl (C=O) groups is 2. The van der Waals surface area contributed by atoms with Crippen LogP contribution in [0.25, 0.3) is 10.8 Å². The van der Waals surface area contributed by atoms with Gasteiger partial charge < -0.3 is 15.1 Å². The molecule has 1 aromatic heterocycles. The van der Waals surface area contributed by atoms with Crippen LogP contribution in [-0.2, 0) is 0 Å². The summed E-state index contributed by atoms with van der Waals surface area (Å²) in [6.45, 7) is 4.67. The first-order chi connectivity index (χ1) is 16.6. The summed E-state index contributed by atoms with van der Waals surface area (Å²) >= 11 is 0. The maximum Gasteiger partial charge on any atom is 0.255 e. The molecule has 1 fully saturated rings. The largest absolute Gasteiger partial charge is 0.353 e. The number of carbonyl (C=O) groups excluding carboxylic acids is 2. The average Bonchev–Trinajstić information content (AvgIpc) is 2.89. The summed E-state index contributed by atoms with van der Waals surface area (Å²) in [6, 6.07) is 25.1. The van der Waals surface area contributed by atoms with E-state index in [0.717, 1.165) is 27.7 Å². The third-order valence-electron chi connectivity index (χ3n) is 6.23. The molecule has 0 radical (unpaired) electrons. The van der Waals surface area contributed by atoms with Crippen molar-refractivity contribution in [2.45, 2.75) is 6.92 Å². The van der Waals surface area contributed by atoms with Gasteiger partial charge in [0.15, 0.2) is 0 Å². The van der Waals surface area contributed by atoms with Crippen molar-refractivity contribution in [2.75, 3.05) is 36.4 Å². The maximum atomic E-state index is 13.2. The van der Waals surface area contributed by atoms with Gasteiger partial charge in [0.2, 0.25) is 0 Å². The molecular formula is C28H26N4O2. The number of aryl methyl sites for hydroxylation is 1. The van der Waals surface area contributed by atoms with Crippen molar-refractivity contribution >= 4 is 34.1 Å². The van der Waals surface area contributed by atoms with E-state index in [1.165, 1.54) is 0 Å². The highest BCUT2D eigenvalue weighted by molar-refractivity contribution is 6.07. The van der Waals surface area contributed by atoms with Gasteiger partial charge in [-0.3, -0.25) is 9.59 Å². The van der Waals surface area contributed by atoms with Crippen LogP contribution in [-0.4, -0.2) is 47.9 Å². The number of fused-ring (bicyclic) bond motifs is 1. The number of anilines is 2. The van der Waals surface area contributed by atoms with Gasteiger partial charge in [0.1, 0.15) is 5.82 Å². The SMILES string of the molecule is Cc1ccc(C(=O)Nc2ccc(N3CCN(C(=O)c4cccc5ccccc45)CC3)nc2)cc1. The molecule has 0 aliphatic carbocycles. The molecule has 170 valence electrons. The zero-order valence-electron chi connectivity index (χ0n) is 19.1. The Bertz CT molecular complexity index is 1320. The van der Waals surface area contributed by atoms with Crippen molar-refractivity contribution in [1.82, 2.24) is 9.88 Å². The van der Waals surface area contributed by atoms with Crippen molar-refractivity contribution in [3.63, 3.8) is 0 Å². The molecular weight excluding hydrogens is 424 g/mol. The van der Waals surface area contributed by atoms with E-state index in [-0.39, 0.29) is 11.8 Å². The second kappa shape index (κ2) is 9.35. The summed E-state index contributed by atoms with van der Waals surface area (Å²) in [6.07, 6.45) is 1.68. The minimum Gasteiger partial charge on any atom is -0.353 e. The molecule has 0 spiro atoms. The fourth-order valence-corrected chi connectivity index (χ4v) is 4.28. The molecule has 4 aromatic rings. The minimum absolute atomic E-state index is 0.0681. The Labute approximate surface area is 198 Å². The van der Waals surface area contributed by atoms with E-state index < -0.39 is 0 Å². The van der Waals surface area contributed by atoms with Gasteiger partial charge in [-0.15, -0.1) is 0 Å². The summed E-state index contributed by atoms with van der Waals surface area (Å²) in [7, 11) is 0. The first-order valence-electron chi connectivity index (χ1n) is 11.4. The molecule has 2 amide bonds. The van der Waals surface area contributed by atoms with E-state index in [1.54, 1.807) is 6.20 Å². The number of benzene rings is 3. The highest BCUT2D eigenvalue weighted by Crippen LogP contribution is 2.22. The number of aromatic nitrogens is 1. The lowest BCUT2D eigenvalue weighted by molar-refractivity contribution is 0.0748. The van der Waals surface area contributed by atoms with Crippen LogP contribution < -0.4 is 10.2 Å². The Morgan fingerprint density at radius 2 is 1.56 bits per heavy atom. The van der Waals surface area contributed by atoms with E-state index in [2.05, 4.69) is 15.2 Å². The number of hydrogen-bond donors (Lipinski definition) is 1. The Balaban J connectivity index is 1.20.